The Labute approximate surface area is 138 Å². The molecule has 124 valence electrons. The van der Waals surface area contributed by atoms with Gasteiger partial charge >= 0.3 is 0 Å². The van der Waals surface area contributed by atoms with Crippen LogP contribution in [0.3, 0.4) is 0 Å². The van der Waals surface area contributed by atoms with E-state index >= 15 is 0 Å². The lowest BCUT2D eigenvalue weighted by atomic mass is 10.2. The molecule has 1 atom stereocenters. The van der Waals surface area contributed by atoms with Gasteiger partial charge in [-0.05, 0) is 37.1 Å². The summed E-state index contributed by atoms with van der Waals surface area (Å²) in [5.41, 5.74) is 1.28. The van der Waals surface area contributed by atoms with Gasteiger partial charge in [-0.1, -0.05) is 0 Å². The van der Waals surface area contributed by atoms with E-state index in [4.69, 9.17) is 4.74 Å². The first kappa shape index (κ1) is 14.7. The summed E-state index contributed by atoms with van der Waals surface area (Å²) in [6.07, 6.45) is 2.99. The average molecular weight is 328 g/mol. The lowest BCUT2D eigenvalue weighted by Crippen LogP contribution is -2.47. The SMILES string of the molecule is COc1ccc(N2c3ncccc3NC2C(=O)NC2CC2)cc1F. The van der Waals surface area contributed by atoms with Crippen LogP contribution >= 0.6 is 0 Å². The Morgan fingerprint density at radius 3 is 2.96 bits per heavy atom. The van der Waals surface area contributed by atoms with Crippen LogP contribution in [0.15, 0.2) is 36.5 Å². The highest BCUT2D eigenvalue weighted by Gasteiger charge is 2.38. The maximum absolute atomic E-state index is 14.1. The van der Waals surface area contributed by atoms with Gasteiger partial charge in [0.1, 0.15) is 0 Å². The maximum atomic E-state index is 14.1. The Morgan fingerprint density at radius 2 is 2.25 bits per heavy atom. The highest BCUT2D eigenvalue weighted by atomic mass is 19.1. The van der Waals surface area contributed by atoms with Crippen LogP contribution < -0.4 is 20.3 Å². The van der Waals surface area contributed by atoms with Crippen molar-refractivity contribution in [3.05, 3.63) is 42.3 Å². The van der Waals surface area contributed by atoms with Crippen molar-refractivity contribution in [2.24, 2.45) is 0 Å². The summed E-state index contributed by atoms with van der Waals surface area (Å²) in [5, 5.41) is 6.14. The summed E-state index contributed by atoms with van der Waals surface area (Å²) in [4.78, 5) is 18.6. The van der Waals surface area contributed by atoms with E-state index in [0.29, 0.717) is 11.5 Å². The summed E-state index contributed by atoms with van der Waals surface area (Å²) in [5.74, 6) is 0.122. The van der Waals surface area contributed by atoms with Crippen LogP contribution in [0.2, 0.25) is 0 Å². The molecule has 4 rings (SSSR count). The van der Waals surface area contributed by atoms with Gasteiger partial charge in [0.15, 0.2) is 23.6 Å². The molecule has 1 aromatic carbocycles. The van der Waals surface area contributed by atoms with Gasteiger partial charge < -0.3 is 15.4 Å². The summed E-state index contributed by atoms with van der Waals surface area (Å²) in [6, 6.07) is 8.48. The molecule has 1 unspecified atom stereocenters. The van der Waals surface area contributed by atoms with Crippen LogP contribution in [-0.4, -0.2) is 30.2 Å². The van der Waals surface area contributed by atoms with Crippen molar-refractivity contribution in [3.63, 3.8) is 0 Å². The van der Waals surface area contributed by atoms with Crippen LogP contribution in [0.5, 0.6) is 5.75 Å². The molecule has 2 N–H and O–H groups in total. The molecule has 0 spiro atoms. The Morgan fingerprint density at radius 1 is 1.42 bits per heavy atom. The number of pyridine rings is 1. The third-order valence-corrected chi connectivity index (χ3v) is 4.15. The molecule has 0 bridgehead atoms. The Bertz CT molecular complexity index is 794. The van der Waals surface area contributed by atoms with Crippen LogP contribution in [0.1, 0.15) is 12.8 Å². The first-order valence-corrected chi connectivity index (χ1v) is 7.82. The first-order valence-electron chi connectivity index (χ1n) is 7.82. The van der Waals surface area contributed by atoms with Gasteiger partial charge in [-0.2, -0.15) is 0 Å². The number of rotatable bonds is 4. The second kappa shape index (κ2) is 5.67. The van der Waals surface area contributed by atoms with E-state index in [1.54, 1.807) is 29.3 Å². The monoisotopic (exact) mass is 328 g/mol. The van der Waals surface area contributed by atoms with Crippen molar-refractivity contribution in [1.29, 1.82) is 0 Å². The van der Waals surface area contributed by atoms with Gasteiger partial charge in [0, 0.05) is 24.0 Å². The van der Waals surface area contributed by atoms with Gasteiger partial charge in [0.2, 0.25) is 0 Å². The third-order valence-electron chi connectivity index (χ3n) is 4.15. The Balaban J connectivity index is 1.72. The molecule has 2 aliphatic rings. The van der Waals surface area contributed by atoms with E-state index in [-0.39, 0.29) is 17.7 Å². The quantitative estimate of drug-likeness (QED) is 0.902. The number of carbonyl (C=O) groups is 1. The summed E-state index contributed by atoms with van der Waals surface area (Å²) in [7, 11) is 1.41. The van der Waals surface area contributed by atoms with Gasteiger partial charge in [-0.15, -0.1) is 0 Å². The molecule has 1 aliphatic carbocycles. The summed E-state index contributed by atoms with van der Waals surface area (Å²) in [6.45, 7) is 0. The molecule has 1 amide bonds. The maximum Gasteiger partial charge on any atom is 0.264 e. The van der Waals surface area contributed by atoms with Gasteiger partial charge in [0.25, 0.3) is 5.91 Å². The zero-order chi connectivity index (χ0) is 16.7. The van der Waals surface area contributed by atoms with Crippen molar-refractivity contribution in [2.75, 3.05) is 17.3 Å². The Hall–Kier alpha value is -2.83. The zero-order valence-electron chi connectivity index (χ0n) is 13.1. The van der Waals surface area contributed by atoms with Gasteiger partial charge in [-0.25, -0.2) is 9.37 Å². The number of halogens is 1. The van der Waals surface area contributed by atoms with Crippen LogP contribution in [0, 0.1) is 5.82 Å². The number of hydrogen-bond donors (Lipinski definition) is 2. The number of nitrogens with one attached hydrogen (secondary N) is 2. The summed E-state index contributed by atoms with van der Waals surface area (Å²) < 4.78 is 19.1. The topological polar surface area (TPSA) is 66.5 Å². The predicted octanol–water partition coefficient (Wildman–Crippen LogP) is 2.40. The van der Waals surface area contributed by atoms with Gasteiger partial charge in [0.05, 0.1) is 12.8 Å². The highest BCUT2D eigenvalue weighted by Crippen LogP contribution is 2.39. The second-order valence-electron chi connectivity index (χ2n) is 5.89. The van der Waals surface area contributed by atoms with Crippen molar-refractivity contribution in [1.82, 2.24) is 10.3 Å². The molecule has 24 heavy (non-hydrogen) atoms. The number of hydrogen-bond acceptors (Lipinski definition) is 5. The van der Waals surface area contributed by atoms with Gasteiger partial charge in [-0.3, -0.25) is 9.69 Å². The third kappa shape index (κ3) is 2.51. The minimum atomic E-state index is -0.664. The zero-order valence-corrected chi connectivity index (χ0v) is 13.1. The number of nitrogens with zero attached hydrogens (tertiary/aromatic N) is 2. The molecular weight excluding hydrogens is 311 g/mol. The molecule has 2 aromatic rings. The van der Waals surface area contributed by atoms with Crippen molar-refractivity contribution in [2.45, 2.75) is 25.0 Å². The fraction of sp³-hybridized carbons (Fsp3) is 0.294. The molecule has 1 fully saturated rings. The number of benzene rings is 1. The molecule has 1 saturated carbocycles. The fourth-order valence-corrected chi connectivity index (χ4v) is 2.80. The lowest BCUT2D eigenvalue weighted by molar-refractivity contribution is -0.121. The molecule has 0 radical (unpaired) electrons. The fourth-order valence-electron chi connectivity index (χ4n) is 2.80. The molecular formula is C17H17FN4O2. The largest absolute Gasteiger partial charge is 0.494 e. The number of fused-ring (bicyclic) bond motifs is 1. The van der Waals surface area contributed by atoms with E-state index in [0.717, 1.165) is 18.5 Å². The average Bonchev–Trinajstić information content (AvgIpc) is 3.31. The van der Waals surface area contributed by atoms with Crippen molar-refractivity contribution < 1.29 is 13.9 Å². The standard InChI is InChI=1S/C17H17FN4O2/c1-24-14-7-6-11(9-12(14)18)22-15-13(3-2-8-19-15)21-16(22)17(23)20-10-4-5-10/h2-3,6-10,16,21H,4-5H2,1H3,(H,20,23). The normalized spacial score (nSPS) is 18.8. The number of carbonyl (C=O) groups excluding carboxylic acids is 1. The molecule has 1 aromatic heterocycles. The van der Waals surface area contributed by atoms with Crippen LogP contribution in [-0.2, 0) is 4.79 Å². The molecule has 1 aliphatic heterocycles. The second-order valence-corrected chi connectivity index (χ2v) is 5.89. The molecule has 7 heteroatoms. The molecule has 0 saturated heterocycles. The van der Waals surface area contributed by atoms with E-state index in [9.17, 15) is 9.18 Å². The van der Waals surface area contributed by atoms with Crippen LogP contribution in [0.25, 0.3) is 0 Å². The minimum Gasteiger partial charge on any atom is -0.494 e. The lowest BCUT2D eigenvalue weighted by Gasteiger charge is -2.25. The number of anilines is 3. The highest BCUT2D eigenvalue weighted by molar-refractivity contribution is 5.96. The van der Waals surface area contributed by atoms with Crippen molar-refractivity contribution in [3.8, 4) is 5.75 Å². The predicted molar refractivity (Wildman–Crippen MR) is 87.9 cm³/mol. The number of ether oxygens (including phenoxy) is 1. The molecule has 6 nitrogen and oxygen atoms in total. The van der Waals surface area contributed by atoms with Crippen molar-refractivity contribution >= 4 is 23.1 Å². The van der Waals surface area contributed by atoms with E-state index < -0.39 is 12.0 Å². The molecule has 2 heterocycles. The Kier molecular flexibility index (Phi) is 3.48. The summed E-state index contributed by atoms with van der Waals surface area (Å²) >= 11 is 0. The number of amides is 1. The number of aromatic nitrogens is 1. The minimum absolute atomic E-state index is 0.147. The van der Waals surface area contributed by atoms with E-state index in [2.05, 4.69) is 15.6 Å². The number of methoxy groups -OCH3 is 1. The smallest absolute Gasteiger partial charge is 0.264 e. The first-order chi connectivity index (χ1) is 11.7. The van der Waals surface area contributed by atoms with E-state index in [1.165, 1.54) is 13.2 Å². The van der Waals surface area contributed by atoms with Crippen LogP contribution in [0.4, 0.5) is 21.6 Å². The van der Waals surface area contributed by atoms with E-state index in [1.807, 2.05) is 6.07 Å².